The number of carbonyl (C=O) groups is 1. The zero-order valence-electron chi connectivity index (χ0n) is 12.1. The van der Waals surface area contributed by atoms with Crippen molar-refractivity contribution in [1.29, 1.82) is 5.26 Å². The Hall–Kier alpha value is -2.48. The zero-order chi connectivity index (χ0) is 15.3. The molecule has 0 heterocycles. The first-order valence-corrected chi connectivity index (χ1v) is 6.22. The van der Waals surface area contributed by atoms with Crippen LogP contribution in [0.2, 0.25) is 0 Å². The first kappa shape index (κ1) is 15.6. The van der Waals surface area contributed by atoms with Gasteiger partial charge in [-0.3, -0.25) is 4.79 Å². The van der Waals surface area contributed by atoms with Crippen molar-refractivity contribution in [2.45, 2.75) is 33.2 Å². The Labute approximate surface area is 118 Å². The largest absolute Gasteiger partial charge is 0.506 e. The van der Waals surface area contributed by atoms with Gasteiger partial charge in [-0.1, -0.05) is 6.07 Å². The zero-order valence-corrected chi connectivity index (χ0v) is 12.1. The van der Waals surface area contributed by atoms with Crippen LogP contribution in [0.1, 0.15) is 26.3 Å². The molecule has 1 aromatic carbocycles. The quantitative estimate of drug-likeness (QED) is 0.448. The van der Waals surface area contributed by atoms with E-state index >= 15 is 0 Å². The summed E-state index contributed by atoms with van der Waals surface area (Å²) in [4.78, 5) is 11.9. The number of hydrogen-bond donors (Lipinski definition) is 3. The van der Waals surface area contributed by atoms with Crippen LogP contribution in [-0.4, -0.2) is 16.6 Å². The lowest BCUT2D eigenvalue weighted by molar-refractivity contribution is -0.118. The molecule has 5 heteroatoms. The molecule has 106 valence electrons. The van der Waals surface area contributed by atoms with Gasteiger partial charge >= 0.3 is 0 Å². The van der Waals surface area contributed by atoms with Crippen LogP contribution in [0.4, 0.5) is 5.69 Å². The van der Waals surface area contributed by atoms with Crippen molar-refractivity contribution in [1.82, 2.24) is 5.32 Å². The molecule has 1 rings (SSSR count). The van der Waals surface area contributed by atoms with E-state index in [1.54, 1.807) is 18.2 Å². The number of aromatic hydroxyl groups is 1. The summed E-state index contributed by atoms with van der Waals surface area (Å²) in [5.74, 6) is -0.403. The van der Waals surface area contributed by atoms with Gasteiger partial charge in [0.05, 0.1) is 5.69 Å². The van der Waals surface area contributed by atoms with Crippen LogP contribution in [0.3, 0.4) is 0 Å². The number of carbonyl (C=O) groups excluding carboxylic acids is 1. The summed E-state index contributed by atoms with van der Waals surface area (Å²) in [6.07, 6.45) is 1.29. The van der Waals surface area contributed by atoms with E-state index in [4.69, 9.17) is 5.26 Å². The number of benzene rings is 1. The minimum Gasteiger partial charge on any atom is -0.506 e. The number of phenolic OH excluding ortho intramolecular Hbond substituents is 1. The van der Waals surface area contributed by atoms with Crippen molar-refractivity contribution in [2.24, 2.45) is 0 Å². The van der Waals surface area contributed by atoms with Gasteiger partial charge < -0.3 is 15.7 Å². The highest BCUT2D eigenvalue weighted by atomic mass is 16.3. The fraction of sp³-hybridized carbons (Fsp3) is 0.333. The Kier molecular flexibility index (Phi) is 4.76. The lowest BCUT2D eigenvalue weighted by Gasteiger charge is -2.20. The molecule has 1 aromatic rings. The molecule has 0 spiro atoms. The molecule has 0 aliphatic carbocycles. The number of aryl methyl sites for hydroxylation is 1. The number of hydrogen-bond acceptors (Lipinski definition) is 4. The van der Waals surface area contributed by atoms with Gasteiger partial charge in [0.15, 0.2) is 0 Å². The summed E-state index contributed by atoms with van der Waals surface area (Å²) < 4.78 is 0. The van der Waals surface area contributed by atoms with E-state index in [1.165, 1.54) is 6.20 Å². The van der Waals surface area contributed by atoms with Crippen molar-refractivity contribution in [3.05, 3.63) is 35.5 Å². The maximum atomic E-state index is 11.9. The molecule has 0 aliphatic heterocycles. The topological polar surface area (TPSA) is 85.2 Å². The maximum absolute atomic E-state index is 11.9. The number of rotatable bonds is 3. The smallest absolute Gasteiger partial charge is 0.263 e. The van der Waals surface area contributed by atoms with Crippen molar-refractivity contribution in [2.75, 3.05) is 5.32 Å². The molecule has 0 unspecified atom stereocenters. The molecule has 0 bridgehead atoms. The second kappa shape index (κ2) is 6.11. The summed E-state index contributed by atoms with van der Waals surface area (Å²) in [7, 11) is 0. The summed E-state index contributed by atoms with van der Waals surface area (Å²) in [6, 6.07) is 6.87. The predicted molar refractivity (Wildman–Crippen MR) is 78.1 cm³/mol. The van der Waals surface area contributed by atoms with Crippen molar-refractivity contribution < 1.29 is 9.90 Å². The minimum atomic E-state index is -0.459. The van der Waals surface area contributed by atoms with E-state index in [2.05, 4.69) is 10.6 Å². The Morgan fingerprint density at radius 2 is 2.05 bits per heavy atom. The molecule has 0 aromatic heterocycles. The highest BCUT2D eigenvalue weighted by Crippen LogP contribution is 2.23. The number of nitrogens with zero attached hydrogens (tertiary/aromatic N) is 1. The number of phenols is 1. The molecular formula is C15H19N3O2. The SMILES string of the molecule is Cc1ccc(O)c(N/C=C(/C#N)C(=O)NC(C)(C)C)c1. The van der Waals surface area contributed by atoms with Crippen LogP contribution in [0, 0.1) is 18.3 Å². The second-order valence-corrected chi connectivity index (χ2v) is 5.54. The third-order valence-electron chi connectivity index (χ3n) is 2.38. The molecule has 5 nitrogen and oxygen atoms in total. The standard InChI is InChI=1S/C15H19N3O2/c1-10-5-6-13(19)12(7-10)17-9-11(8-16)14(20)18-15(2,3)4/h5-7,9,17,19H,1-4H3,(H,18,20)/b11-9-. The third kappa shape index (κ3) is 4.65. The van der Waals surface area contributed by atoms with E-state index in [1.807, 2.05) is 33.8 Å². The molecule has 0 radical (unpaired) electrons. The third-order valence-corrected chi connectivity index (χ3v) is 2.38. The predicted octanol–water partition coefficient (Wildman–Crippen LogP) is 2.43. The summed E-state index contributed by atoms with van der Waals surface area (Å²) in [5.41, 5.74) is 0.928. The Morgan fingerprint density at radius 3 is 2.60 bits per heavy atom. The van der Waals surface area contributed by atoms with Gasteiger partial charge in [-0.15, -0.1) is 0 Å². The van der Waals surface area contributed by atoms with E-state index in [-0.39, 0.29) is 11.3 Å². The molecular weight excluding hydrogens is 254 g/mol. The van der Waals surface area contributed by atoms with Crippen molar-refractivity contribution in [3.63, 3.8) is 0 Å². The van der Waals surface area contributed by atoms with Gasteiger partial charge in [-0.2, -0.15) is 5.26 Å². The average molecular weight is 273 g/mol. The first-order valence-electron chi connectivity index (χ1n) is 6.22. The number of amides is 1. The number of anilines is 1. The maximum Gasteiger partial charge on any atom is 0.263 e. The summed E-state index contributed by atoms with van der Waals surface area (Å²) in [6.45, 7) is 7.38. The Balaban J connectivity index is 2.89. The molecule has 0 atom stereocenters. The lowest BCUT2D eigenvalue weighted by Crippen LogP contribution is -2.41. The number of nitrogens with one attached hydrogen (secondary N) is 2. The van der Waals surface area contributed by atoms with Gasteiger partial charge in [0, 0.05) is 11.7 Å². The molecule has 0 fully saturated rings. The van der Waals surface area contributed by atoms with Crippen LogP contribution in [0.25, 0.3) is 0 Å². The van der Waals surface area contributed by atoms with E-state index < -0.39 is 11.4 Å². The normalized spacial score (nSPS) is 11.7. The minimum absolute atomic E-state index is 0.0548. The van der Waals surface area contributed by atoms with E-state index in [9.17, 15) is 9.90 Å². The molecule has 0 aliphatic rings. The molecule has 0 saturated heterocycles. The molecule has 1 amide bonds. The van der Waals surface area contributed by atoms with Gasteiger partial charge in [0.2, 0.25) is 0 Å². The van der Waals surface area contributed by atoms with Gasteiger partial charge in [0.1, 0.15) is 17.4 Å². The fourth-order valence-electron chi connectivity index (χ4n) is 1.47. The Bertz CT molecular complexity index is 578. The summed E-state index contributed by atoms with van der Waals surface area (Å²) >= 11 is 0. The van der Waals surface area contributed by atoms with Gasteiger partial charge in [-0.05, 0) is 45.4 Å². The Morgan fingerprint density at radius 1 is 1.40 bits per heavy atom. The van der Waals surface area contributed by atoms with Crippen LogP contribution in [0.15, 0.2) is 30.0 Å². The van der Waals surface area contributed by atoms with Crippen molar-refractivity contribution >= 4 is 11.6 Å². The highest BCUT2D eigenvalue weighted by molar-refractivity contribution is 5.98. The molecule has 0 saturated carbocycles. The second-order valence-electron chi connectivity index (χ2n) is 5.54. The van der Waals surface area contributed by atoms with E-state index in [0.29, 0.717) is 5.69 Å². The molecule has 20 heavy (non-hydrogen) atoms. The van der Waals surface area contributed by atoms with Gasteiger partial charge in [-0.25, -0.2) is 0 Å². The van der Waals surface area contributed by atoms with Gasteiger partial charge in [0.25, 0.3) is 5.91 Å². The van der Waals surface area contributed by atoms with Crippen LogP contribution in [0.5, 0.6) is 5.75 Å². The highest BCUT2D eigenvalue weighted by Gasteiger charge is 2.17. The fourth-order valence-corrected chi connectivity index (χ4v) is 1.47. The first-order chi connectivity index (χ1) is 9.23. The van der Waals surface area contributed by atoms with Crippen molar-refractivity contribution in [3.8, 4) is 11.8 Å². The molecule has 3 N–H and O–H groups in total. The monoisotopic (exact) mass is 273 g/mol. The summed E-state index contributed by atoms with van der Waals surface area (Å²) in [5, 5.41) is 24.2. The average Bonchev–Trinajstić information content (AvgIpc) is 2.32. The van der Waals surface area contributed by atoms with Crippen LogP contribution in [-0.2, 0) is 4.79 Å². The number of nitriles is 1. The lowest BCUT2D eigenvalue weighted by atomic mass is 10.1. The van der Waals surface area contributed by atoms with Crippen LogP contribution >= 0.6 is 0 Å². The van der Waals surface area contributed by atoms with Crippen LogP contribution < -0.4 is 10.6 Å². The van der Waals surface area contributed by atoms with E-state index in [0.717, 1.165) is 5.56 Å².